The molecule has 2 aromatic carbocycles. The first-order valence-corrected chi connectivity index (χ1v) is 7.08. The molecule has 3 nitrogen and oxygen atoms in total. The number of aromatic nitrogens is 3. The third-order valence-electron chi connectivity index (χ3n) is 3.46. The Hall–Kier alpha value is -1.75. The lowest BCUT2D eigenvalue weighted by atomic mass is 10.1. The third kappa shape index (κ3) is 2.33. The zero-order valence-corrected chi connectivity index (χ0v) is 12.8. The SMILES string of the molecule is Cc1cc2nnn(Cc3ccc(Br)cc3F)c2cc1C. The fraction of sp³-hybridized carbons (Fsp3) is 0.200. The molecule has 0 aliphatic carbocycles. The summed E-state index contributed by atoms with van der Waals surface area (Å²) in [7, 11) is 0. The van der Waals surface area contributed by atoms with Gasteiger partial charge in [0.05, 0.1) is 12.1 Å². The van der Waals surface area contributed by atoms with Gasteiger partial charge in [0, 0.05) is 10.0 Å². The van der Waals surface area contributed by atoms with Crippen LogP contribution in [0.25, 0.3) is 11.0 Å². The van der Waals surface area contributed by atoms with Crippen molar-refractivity contribution >= 4 is 27.0 Å². The van der Waals surface area contributed by atoms with E-state index < -0.39 is 0 Å². The van der Waals surface area contributed by atoms with Gasteiger partial charge in [0.25, 0.3) is 0 Å². The molecule has 0 amide bonds. The Morgan fingerprint density at radius 3 is 2.65 bits per heavy atom. The van der Waals surface area contributed by atoms with Crippen LogP contribution >= 0.6 is 15.9 Å². The molecular formula is C15H13BrFN3. The van der Waals surface area contributed by atoms with Gasteiger partial charge in [0.2, 0.25) is 0 Å². The zero-order valence-electron chi connectivity index (χ0n) is 11.2. The number of rotatable bonds is 2. The summed E-state index contributed by atoms with van der Waals surface area (Å²) in [6.07, 6.45) is 0. The van der Waals surface area contributed by atoms with Gasteiger partial charge in [-0.25, -0.2) is 9.07 Å². The van der Waals surface area contributed by atoms with Crippen LogP contribution in [0.2, 0.25) is 0 Å². The minimum Gasteiger partial charge on any atom is -0.240 e. The van der Waals surface area contributed by atoms with Gasteiger partial charge in [-0.15, -0.1) is 5.10 Å². The molecule has 0 unspecified atom stereocenters. The molecule has 0 spiro atoms. The highest BCUT2D eigenvalue weighted by atomic mass is 79.9. The minimum absolute atomic E-state index is 0.244. The molecule has 3 rings (SSSR count). The van der Waals surface area contributed by atoms with Gasteiger partial charge < -0.3 is 0 Å². The molecule has 0 N–H and O–H groups in total. The van der Waals surface area contributed by atoms with Crippen LogP contribution in [-0.2, 0) is 6.54 Å². The molecular weight excluding hydrogens is 321 g/mol. The number of hydrogen-bond acceptors (Lipinski definition) is 2. The molecule has 0 saturated carbocycles. The second kappa shape index (κ2) is 4.98. The molecule has 0 aliphatic heterocycles. The van der Waals surface area contributed by atoms with Crippen molar-refractivity contribution < 1.29 is 4.39 Å². The average Bonchev–Trinajstić information content (AvgIpc) is 2.76. The first kappa shape index (κ1) is 13.2. The van der Waals surface area contributed by atoms with E-state index in [1.807, 2.05) is 32.0 Å². The van der Waals surface area contributed by atoms with Gasteiger partial charge >= 0.3 is 0 Å². The van der Waals surface area contributed by atoms with Crippen molar-refractivity contribution in [1.82, 2.24) is 15.0 Å². The minimum atomic E-state index is -0.244. The van der Waals surface area contributed by atoms with Crippen LogP contribution in [-0.4, -0.2) is 15.0 Å². The maximum Gasteiger partial charge on any atom is 0.129 e. The number of halogens is 2. The topological polar surface area (TPSA) is 30.7 Å². The summed E-state index contributed by atoms with van der Waals surface area (Å²) in [4.78, 5) is 0. The van der Waals surface area contributed by atoms with Crippen molar-refractivity contribution in [2.45, 2.75) is 20.4 Å². The van der Waals surface area contributed by atoms with Crippen LogP contribution in [0, 0.1) is 19.7 Å². The fourth-order valence-corrected chi connectivity index (χ4v) is 2.48. The van der Waals surface area contributed by atoms with Crippen LogP contribution in [0.3, 0.4) is 0 Å². The lowest BCUT2D eigenvalue weighted by Gasteiger charge is -2.06. The Kier molecular flexibility index (Phi) is 3.30. The average molecular weight is 334 g/mol. The first-order chi connectivity index (χ1) is 9.54. The Morgan fingerprint density at radius 2 is 1.90 bits per heavy atom. The number of fused-ring (bicyclic) bond motifs is 1. The van der Waals surface area contributed by atoms with E-state index in [0.717, 1.165) is 15.5 Å². The van der Waals surface area contributed by atoms with E-state index in [-0.39, 0.29) is 5.82 Å². The molecule has 0 saturated heterocycles. The Labute approximate surface area is 124 Å². The Bertz CT molecular complexity index is 795. The number of hydrogen-bond donors (Lipinski definition) is 0. The van der Waals surface area contributed by atoms with E-state index in [1.165, 1.54) is 17.2 Å². The smallest absolute Gasteiger partial charge is 0.129 e. The molecule has 0 bridgehead atoms. The highest BCUT2D eigenvalue weighted by Gasteiger charge is 2.09. The number of aryl methyl sites for hydroxylation is 2. The molecule has 20 heavy (non-hydrogen) atoms. The second-order valence-electron chi connectivity index (χ2n) is 4.91. The van der Waals surface area contributed by atoms with E-state index in [1.54, 1.807) is 10.7 Å². The molecule has 1 aromatic heterocycles. The monoisotopic (exact) mass is 333 g/mol. The maximum absolute atomic E-state index is 13.9. The van der Waals surface area contributed by atoms with Crippen LogP contribution in [0.5, 0.6) is 0 Å². The molecule has 0 radical (unpaired) electrons. The number of nitrogens with zero attached hydrogens (tertiary/aromatic N) is 3. The Balaban J connectivity index is 2.04. The molecule has 1 heterocycles. The summed E-state index contributed by atoms with van der Waals surface area (Å²) in [6.45, 7) is 4.46. The van der Waals surface area contributed by atoms with Crippen LogP contribution in [0.15, 0.2) is 34.8 Å². The summed E-state index contributed by atoms with van der Waals surface area (Å²) < 4.78 is 16.4. The fourth-order valence-electron chi connectivity index (χ4n) is 2.15. The normalized spacial score (nSPS) is 11.2. The largest absolute Gasteiger partial charge is 0.240 e. The van der Waals surface area contributed by atoms with Gasteiger partial charge in [-0.05, 0) is 49.2 Å². The van der Waals surface area contributed by atoms with Crippen LogP contribution in [0.1, 0.15) is 16.7 Å². The Morgan fingerprint density at radius 1 is 1.15 bits per heavy atom. The van der Waals surface area contributed by atoms with E-state index in [9.17, 15) is 4.39 Å². The van der Waals surface area contributed by atoms with Gasteiger partial charge in [-0.1, -0.05) is 27.2 Å². The third-order valence-corrected chi connectivity index (χ3v) is 3.96. The zero-order chi connectivity index (χ0) is 14.3. The highest BCUT2D eigenvalue weighted by molar-refractivity contribution is 9.10. The van der Waals surface area contributed by atoms with Crippen molar-refractivity contribution in [2.24, 2.45) is 0 Å². The standard InChI is InChI=1S/C15H13BrFN3/c1-9-5-14-15(6-10(9)2)20(19-18-14)8-11-3-4-12(16)7-13(11)17/h3-7H,8H2,1-2H3. The second-order valence-corrected chi connectivity index (χ2v) is 5.82. The van der Waals surface area contributed by atoms with E-state index in [0.29, 0.717) is 12.1 Å². The van der Waals surface area contributed by atoms with Crippen LogP contribution in [0.4, 0.5) is 4.39 Å². The number of benzene rings is 2. The molecule has 5 heteroatoms. The highest BCUT2D eigenvalue weighted by Crippen LogP contribution is 2.20. The van der Waals surface area contributed by atoms with Crippen LogP contribution < -0.4 is 0 Å². The van der Waals surface area contributed by atoms with Gasteiger partial charge in [0.15, 0.2) is 0 Å². The molecule has 0 fully saturated rings. The van der Waals surface area contributed by atoms with E-state index >= 15 is 0 Å². The van der Waals surface area contributed by atoms with Crippen molar-refractivity contribution in [2.75, 3.05) is 0 Å². The van der Waals surface area contributed by atoms with Crippen molar-refractivity contribution in [1.29, 1.82) is 0 Å². The summed E-state index contributed by atoms with van der Waals surface area (Å²) in [5, 5.41) is 8.27. The van der Waals surface area contributed by atoms with Gasteiger partial charge in [0.1, 0.15) is 11.3 Å². The van der Waals surface area contributed by atoms with Crippen molar-refractivity contribution in [3.8, 4) is 0 Å². The van der Waals surface area contributed by atoms with Crippen molar-refractivity contribution in [3.63, 3.8) is 0 Å². The first-order valence-electron chi connectivity index (χ1n) is 6.29. The quantitative estimate of drug-likeness (QED) is 0.709. The van der Waals surface area contributed by atoms with E-state index in [2.05, 4.69) is 26.2 Å². The van der Waals surface area contributed by atoms with Gasteiger partial charge in [-0.3, -0.25) is 0 Å². The summed E-state index contributed by atoms with van der Waals surface area (Å²) in [5.41, 5.74) is 4.72. The predicted octanol–water partition coefficient (Wildman–Crippen LogP) is 4.00. The summed E-state index contributed by atoms with van der Waals surface area (Å²) in [5.74, 6) is -0.244. The predicted molar refractivity (Wildman–Crippen MR) is 80.2 cm³/mol. The lowest BCUT2D eigenvalue weighted by molar-refractivity contribution is 0.582. The van der Waals surface area contributed by atoms with Crippen molar-refractivity contribution in [3.05, 3.63) is 57.3 Å². The van der Waals surface area contributed by atoms with Gasteiger partial charge in [-0.2, -0.15) is 0 Å². The maximum atomic E-state index is 13.9. The molecule has 102 valence electrons. The summed E-state index contributed by atoms with van der Waals surface area (Å²) in [6, 6.07) is 9.10. The molecule has 0 atom stereocenters. The lowest BCUT2D eigenvalue weighted by Crippen LogP contribution is -2.04. The molecule has 0 aliphatic rings. The van der Waals surface area contributed by atoms with E-state index in [4.69, 9.17) is 0 Å². The summed E-state index contributed by atoms with van der Waals surface area (Å²) >= 11 is 3.26. The molecule has 3 aromatic rings.